The summed E-state index contributed by atoms with van der Waals surface area (Å²) in [6, 6.07) is 0. The average Bonchev–Trinajstić information content (AvgIpc) is 1.86. The molecule has 0 saturated carbocycles. The molecule has 11 heavy (non-hydrogen) atoms. The molecular formula is C8H15NO2. The van der Waals surface area contributed by atoms with Crippen LogP contribution in [-0.2, 0) is 9.53 Å². The number of allylic oxidation sites excluding steroid dienone is 1. The Bertz CT molecular complexity index is 161. The molecule has 64 valence electrons. The fourth-order valence-corrected chi connectivity index (χ4v) is 0.620. The van der Waals surface area contributed by atoms with Crippen molar-refractivity contribution in [1.82, 2.24) is 4.90 Å². The first-order valence-corrected chi connectivity index (χ1v) is 3.60. The number of hydrogen-bond donors (Lipinski definition) is 0. The number of hydrogen-bond acceptors (Lipinski definition) is 3. The van der Waals surface area contributed by atoms with Crippen molar-refractivity contribution in [3.8, 4) is 0 Å². The largest absolute Gasteiger partial charge is 0.489 e. The summed E-state index contributed by atoms with van der Waals surface area (Å²) in [6.07, 6.45) is 1.67. The van der Waals surface area contributed by atoms with Gasteiger partial charge in [0.2, 0.25) is 0 Å². The zero-order valence-corrected chi connectivity index (χ0v) is 7.55. The van der Waals surface area contributed by atoms with Crippen LogP contribution in [0.25, 0.3) is 0 Å². The third kappa shape index (κ3) is 4.42. The van der Waals surface area contributed by atoms with E-state index in [1.165, 1.54) is 6.92 Å². The maximum atomic E-state index is 10.8. The lowest BCUT2D eigenvalue weighted by Gasteiger charge is -2.09. The van der Waals surface area contributed by atoms with Gasteiger partial charge in [0.05, 0.1) is 6.61 Å². The highest BCUT2D eigenvalue weighted by atomic mass is 16.5. The molecular weight excluding hydrogens is 142 g/mol. The Hall–Kier alpha value is -0.990. The Morgan fingerprint density at radius 2 is 2.09 bits per heavy atom. The van der Waals surface area contributed by atoms with Gasteiger partial charge in [-0.05, 0) is 6.92 Å². The topological polar surface area (TPSA) is 29.5 Å². The standard InChI is InChI=1S/C8H15NO2/c1-5-11-8(7(2)10)6-9(3)4/h6H,5H2,1-4H3/b8-6-. The van der Waals surface area contributed by atoms with Crippen LogP contribution in [-0.4, -0.2) is 31.4 Å². The molecule has 0 amide bonds. The fraction of sp³-hybridized carbons (Fsp3) is 0.625. The molecule has 3 heteroatoms. The Balaban J connectivity index is 4.20. The molecule has 0 aliphatic carbocycles. The molecule has 0 spiro atoms. The van der Waals surface area contributed by atoms with Gasteiger partial charge in [-0.25, -0.2) is 0 Å². The van der Waals surface area contributed by atoms with E-state index < -0.39 is 0 Å². The van der Waals surface area contributed by atoms with Gasteiger partial charge in [-0.15, -0.1) is 0 Å². The summed E-state index contributed by atoms with van der Waals surface area (Å²) in [5.41, 5.74) is 0. The Morgan fingerprint density at radius 1 is 1.55 bits per heavy atom. The third-order valence-electron chi connectivity index (χ3n) is 1.02. The number of nitrogens with zero attached hydrogens (tertiary/aromatic N) is 1. The maximum absolute atomic E-state index is 10.8. The van der Waals surface area contributed by atoms with E-state index in [0.717, 1.165) is 0 Å². The molecule has 0 rings (SSSR count). The minimum absolute atomic E-state index is 0.0412. The van der Waals surface area contributed by atoms with Crippen LogP contribution in [0.2, 0.25) is 0 Å². The van der Waals surface area contributed by atoms with Gasteiger partial charge in [0.1, 0.15) is 0 Å². The van der Waals surface area contributed by atoms with E-state index >= 15 is 0 Å². The van der Waals surface area contributed by atoms with Gasteiger partial charge in [0, 0.05) is 27.2 Å². The predicted molar refractivity (Wildman–Crippen MR) is 44.1 cm³/mol. The van der Waals surface area contributed by atoms with Gasteiger partial charge in [0.25, 0.3) is 0 Å². The highest BCUT2D eigenvalue weighted by Crippen LogP contribution is 1.99. The summed E-state index contributed by atoms with van der Waals surface area (Å²) < 4.78 is 5.08. The summed E-state index contributed by atoms with van der Waals surface area (Å²) in [4.78, 5) is 12.6. The van der Waals surface area contributed by atoms with Crippen molar-refractivity contribution in [2.75, 3.05) is 20.7 Å². The smallest absolute Gasteiger partial charge is 0.195 e. The van der Waals surface area contributed by atoms with Crippen LogP contribution in [0, 0.1) is 0 Å². The number of Topliss-reactive ketones (excluding diaryl/α,β-unsaturated/α-hetero) is 1. The molecule has 0 aromatic carbocycles. The van der Waals surface area contributed by atoms with E-state index in [9.17, 15) is 4.79 Å². The molecule has 3 nitrogen and oxygen atoms in total. The second-order valence-electron chi connectivity index (χ2n) is 2.45. The molecule has 0 aliphatic heterocycles. The second kappa shape index (κ2) is 4.77. The van der Waals surface area contributed by atoms with E-state index in [4.69, 9.17) is 4.74 Å². The van der Waals surface area contributed by atoms with Crippen LogP contribution in [0.1, 0.15) is 13.8 Å². The van der Waals surface area contributed by atoms with Crippen molar-refractivity contribution in [3.05, 3.63) is 12.0 Å². The summed E-state index contributed by atoms with van der Waals surface area (Å²) in [6.45, 7) is 3.87. The Kier molecular flexibility index (Phi) is 4.34. The quantitative estimate of drug-likeness (QED) is 0.450. The second-order valence-corrected chi connectivity index (χ2v) is 2.45. The zero-order valence-electron chi connectivity index (χ0n) is 7.55. The van der Waals surface area contributed by atoms with E-state index in [0.29, 0.717) is 12.4 Å². The van der Waals surface area contributed by atoms with Crippen LogP contribution in [0.4, 0.5) is 0 Å². The van der Waals surface area contributed by atoms with Crippen molar-refractivity contribution in [1.29, 1.82) is 0 Å². The highest BCUT2D eigenvalue weighted by molar-refractivity contribution is 5.91. The van der Waals surface area contributed by atoms with E-state index in [1.54, 1.807) is 11.1 Å². The first kappa shape index (κ1) is 10.0. The highest BCUT2D eigenvalue weighted by Gasteiger charge is 2.03. The van der Waals surface area contributed by atoms with Gasteiger partial charge >= 0.3 is 0 Å². The molecule has 0 fully saturated rings. The predicted octanol–water partition coefficient (Wildman–Crippen LogP) is 1.01. The molecule has 0 radical (unpaired) electrons. The Morgan fingerprint density at radius 3 is 2.36 bits per heavy atom. The lowest BCUT2D eigenvalue weighted by atomic mass is 10.4. The summed E-state index contributed by atoms with van der Waals surface area (Å²) in [5.74, 6) is 0.373. The van der Waals surface area contributed by atoms with Gasteiger partial charge in [-0.1, -0.05) is 0 Å². The third-order valence-corrected chi connectivity index (χ3v) is 1.02. The monoisotopic (exact) mass is 157 g/mol. The molecule has 0 atom stereocenters. The lowest BCUT2D eigenvalue weighted by Crippen LogP contribution is -2.09. The average molecular weight is 157 g/mol. The van der Waals surface area contributed by atoms with Crippen LogP contribution in [0.5, 0.6) is 0 Å². The summed E-state index contributed by atoms with van der Waals surface area (Å²) >= 11 is 0. The minimum Gasteiger partial charge on any atom is -0.489 e. The molecule has 0 N–H and O–H groups in total. The number of ketones is 1. The molecule has 0 heterocycles. The molecule has 0 unspecified atom stereocenters. The van der Waals surface area contributed by atoms with E-state index in [-0.39, 0.29) is 5.78 Å². The fourth-order valence-electron chi connectivity index (χ4n) is 0.620. The van der Waals surface area contributed by atoms with Crippen molar-refractivity contribution < 1.29 is 9.53 Å². The van der Waals surface area contributed by atoms with Crippen LogP contribution >= 0.6 is 0 Å². The molecule has 0 saturated heterocycles. The van der Waals surface area contributed by atoms with Crippen LogP contribution in [0.15, 0.2) is 12.0 Å². The minimum atomic E-state index is -0.0412. The summed E-state index contributed by atoms with van der Waals surface area (Å²) in [5, 5.41) is 0. The first-order chi connectivity index (χ1) is 5.07. The van der Waals surface area contributed by atoms with Gasteiger partial charge in [-0.2, -0.15) is 0 Å². The van der Waals surface area contributed by atoms with Gasteiger partial charge in [-0.3, -0.25) is 4.79 Å². The molecule has 0 aliphatic rings. The normalized spacial score (nSPS) is 11.1. The van der Waals surface area contributed by atoms with Crippen molar-refractivity contribution >= 4 is 5.78 Å². The first-order valence-electron chi connectivity index (χ1n) is 3.60. The number of rotatable bonds is 4. The Labute approximate surface area is 67.6 Å². The van der Waals surface area contributed by atoms with E-state index in [2.05, 4.69) is 0 Å². The van der Waals surface area contributed by atoms with Crippen molar-refractivity contribution in [2.24, 2.45) is 0 Å². The van der Waals surface area contributed by atoms with Crippen molar-refractivity contribution in [3.63, 3.8) is 0 Å². The number of carbonyl (C=O) groups is 1. The zero-order chi connectivity index (χ0) is 8.85. The molecule has 0 bridgehead atoms. The van der Waals surface area contributed by atoms with Gasteiger partial charge < -0.3 is 9.64 Å². The van der Waals surface area contributed by atoms with Crippen LogP contribution in [0.3, 0.4) is 0 Å². The van der Waals surface area contributed by atoms with Gasteiger partial charge in [0.15, 0.2) is 11.5 Å². The number of ether oxygens (including phenoxy) is 1. The lowest BCUT2D eigenvalue weighted by molar-refractivity contribution is -0.116. The number of carbonyl (C=O) groups excluding carboxylic acids is 1. The van der Waals surface area contributed by atoms with Crippen LogP contribution < -0.4 is 0 Å². The van der Waals surface area contributed by atoms with Crippen molar-refractivity contribution in [2.45, 2.75) is 13.8 Å². The summed E-state index contributed by atoms with van der Waals surface area (Å²) in [7, 11) is 3.70. The maximum Gasteiger partial charge on any atom is 0.195 e. The van der Waals surface area contributed by atoms with E-state index in [1.807, 2.05) is 21.0 Å². The SMILES string of the molecule is CCO/C(=C\N(C)C)C(C)=O. The molecule has 0 aromatic rings. The molecule has 0 aromatic heterocycles.